The van der Waals surface area contributed by atoms with Gasteiger partial charge in [0.2, 0.25) is 6.79 Å². The number of fused-ring (bicyclic) bond motifs is 7. The molecule has 0 saturated heterocycles. The van der Waals surface area contributed by atoms with E-state index in [0.717, 1.165) is 44.9 Å². The largest absolute Gasteiger partial charge is 0.438 e. The zero-order chi connectivity index (χ0) is 35.7. The third-order valence-corrected chi connectivity index (χ3v) is 14.6. The normalized spacial score (nSPS) is 40.4. The Morgan fingerprint density at radius 3 is 1.88 bits per heavy atom. The Morgan fingerprint density at radius 1 is 0.688 bits per heavy atom. The fraction of sp³-hybridized carbons (Fsp3) is 0.878. The van der Waals surface area contributed by atoms with Crippen molar-refractivity contribution in [1.29, 1.82) is 0 Å². The van der Waals surface area contributed by atoms with Crippen molar-refractivity contribution in [1.82, 2.24) is 0 Å². The van der Waals surface area contributed by atoms with Gasteiger partial charge in [0.15, 0.2) is 6.79 Å². The predicted octanol–water partition coefficient (Wildman–Crippen LogP) is 9.28. The third-order valence-electron chi connectivity index (χ3n) is 14.6. The van der Waals surface area contributed by atoms with Crippen molar-refractivity contribution >= 4 is 17.9 Å². The highest BCUT2D eigenvalue weighted by Gasteiger charge is 2.68. The highest BCUT2D eigenvalue weighted by atomic mass is 16.7. The molecule has 5 aliphatic carbocycles. The van der Waals surface area contributed by atoms with Gasteiger partial charge in [-0.15, -0.1) is 0 Å². The molecule has 1 unspecified atom stereocenters. The average molecular weight is 671 g/mol. The number of ether oxygens (including phenoxy) is 4. The van der Waals surface area contributed by atoms with E-state index in [4.69, 9.17) is 18.9 Å². The van der Waals surface area contributed by atoms with Crippen LogP contribution < -0.4 is 0 Å². The SMILES string of the molecule is C=C(C)[C@@H]1CC[C@]2(C(=O)OCOC(=O)C(C)(C)C)CCC3[C@H](CC[C@@H]4[C@@]5(C)CC[C@H](OCOC(=O)C(C)(C)C)C(C)(C)[C@@H]5CC[C@@]34C)[C@@H]12. The summed E-state index contributed by atoms with van der Waals surface area (Å²) in [5.41, 5.74) is -0.145. The van der Waals surface area contributed by atoms with Gasteiger partial charge in [-0.3, -0.25) is 14.4 Å². The van der Waals surface area contributed by atoms with Crippen LogP contribution in [0.15, 0.2) is 12.2 Å². The molecule has 0 aromatic rings. The molecular formula is C41H66O7. The minimum atomic E-state index is -0.643. The summed E-state index contributed by atoms with van der Waals surface area (Å²) < 4.78 is 23.1. The smallest absolute Gasteiger partial charge is 0.315 e. The van der Waals surface area contributed by atoms with E-state index in [1.807, 2.05) is 20.8 Å². The Hall–Kier alpha value is -1.89. The summed E-state index contributed by atoms with van der Waals surface area (Å²) in [5.74, 6) is 1.94. The molecule has 5 rings (SSSR count). The van der Waals surface area contributed by atoms with Gasteiger partial charge in [0.05, 0.1) is 22.3 Å². The van der Waals surface area contributed by atoms with Crippen molar-refractivity contribution in [3.8, 4) is 0 Å². The maximum Gasteiger partial charge on any atom is 0.315 e. The first-order chi connectivity index (χ1) is 22.1. The zero-order valence-corrected chi connectivity index (χ0v) is 32.1. The minimum absolute atomic E-state index is 0.0208. The highest BCUT2D eigenvalue weighted by Crippen LogP contribution is 2.74. The summed E-state index contributed by atoms with van der Waals surface area (Å²) in [7, 11) is 0. The topological polar surface area (TPSA) is 88.1 Å². The first-order valence-corrected chi connectivity index (χ1v) is 18.9. The van der Waals surface area contributed by atoms with Crippen LogP contribution in [0.4, 0.5) is 0 Å². The Bertz CT molecular complexity index is 1270. The molecule has 48 heavy (non-hydrogen) atoms. The molecule has 0 heterocycles. The number of esters is 3. The van der Waals surface area contributed by atoms with Crippen LogP contribution in [-0.4, -0.2) is 37.6 Å². The summed E-state index contributed by atoms with van der Waals surface area (Å²) in [6, 6.07) is 0. The molecule has 0 aliphatic heterocycles. The minimum Gasteiger partial charge on any atom is -0.438 e. The first kappa shape index (κ1) is 37.4. The lowest BCUT2D eigenvalue weighted by molar-refractivity contribution is -0.235. The van der Waals surface area contributed by atoms with Gasteiger partial charge in [-0.05, 0) is 164 Å². The molecule has 272 valence electrons. The standard InChI is InChI=1S/C41H66O7/c1-25(2)26-15-21-41(35(44)48-24-47-34(43)37(6,7)8)22-16-28-27(32(26)41)13-14-30-39(28,11)19-17-29-38(9,10)31(18-20-40(29,30)12)45-23-46-33(42)36(3,4)5/h26-32H,1,13-24H2,2-12H3/t26-,27-,28?,29-,30-,31-,32+,39-,40-,41-/m0/s1. The average Bonchev–Trinajstić information content (AvgIpc) is 3.39. The van der Waals surface area contributed by atoms with Gasteiger partial charge in [-0.1, -0.05) is 39.8 Å². The van der Waals surface area contributed by atoms with Crippen molar-refractivity contribution < 1.29 is 33.3 Å². The lowest BCUT2D eigenvalue weighted by atomic mass is 9.36. The van der Waals surface area contributed by atoms with Crippen molar-refractivity contribution in [2.45, 2.75) is 146 Å². The maximum absolute atomic E-state index is 14.1. The van der Waals surface area contributed by atoms with Gasteiger partial charge >= 0.3 is 17.9 Å². The molecule has 0 amide bonds. The van der Waals surface area contributed by atoms with E-state index in [2.05, 4.69) is 41.2 Å². The second-order valence-electron chi connectivity index (χ2n) is 19.8. The Labute approximate surface area is 291 Å². The summed E-state index contributed by atoms with van der Waals surface area (Å²) >= 11 is 0. The second-order valence-corrected chi connectivity index (χ2v) is 19.8. The van der Waals surface area contributed by atoms with Gasteiger partial charge < -0.3 is 18.9 Å². The molecule has 0 bridgehead atoms. The second kappa shape index (κ2) is 12.7. The molecule has 0 spiro atoms. The number of hydrogen-bond acceptors (Lipinski definition) is 7. The fourth-order valence-corrected chi connectivity index (χ4v) is 12.3. The van der Waals surface area contributed by atoms with Crippen LogP contribution in [-0.2, 0) is 33.3 Å². The molecule has 5 aliphatic rings. The highest BCUT2D eigenvalue weighted by molar-refractivity contribution is 5.79. The number of rotatable bonds is 7. The Kier molecular flexibility index (Phi) is 9.89. The van der Waals surface area contributed by atoms with E-state index >= 15 is 0 Å². The van der Waals surface area contributed by atoms with Crippen LogP contribution in [0.25, 0.3) is 0 Å². The number of carbonyl (C=O) groups is 3. The molecule has 0 radical (unpaired) electrons. The van der Waals surface area contributed by atoms with Crippen LogP contribution in [0.5, 0.6) is 0 Å². The van der Waals surface area contributed by atoms with Gasteiger partial charge in [-0.25, -0.2) is 0 Å². The Balaban J connectivity index is 1.33. The fourth-order valence-electron chi connectivity index (χ4n) is 12.3. The Morgan fingerprint density at radius 2 is 1.27 bits per heavy atom. The van der Waals surface area contributed by atoms with E-state index < -0.39 is 16.2 Å². The molecule has 0 aromatic heterocycles. The summed E-state index contributed by atoms with van der Waals surface area (Å²) in [4.78, 5) is 38.8. The van der Waals surface area contributed by atoms with Crippen LogP contribution in [0.1, 0.15) is 140 Å². The van der Waals surface area contributed by atoms with Gasteiger partial charge in [-0.2, -0.15) is 0 Å². The monoisotopic (exact) mass is 670 g/mol. The van der Waals surface area contributed by atoms with E-state index in [0.29, 0.717) is 29.6 Å². The number of hydrogen-bond donors (Lipinski definition) is 0. The van der Waals surface area contributed by atoms with Gasteiger partial charge in [0.1, 0.15) is 0 Å². The van der Waals surface area contributed by atoms with Crippen molar-refractivity contribution in [3.63, 3.8) is 0 Å². The van der Waals surface area contributed by atoms with E-state index in [1.54, 1.807) is 20.8 Å². The van der Waals surface area contributed by atoms with Gasteiger partial charge in [0, 0.05) is 0 Å². The van der Waals surface area contributed by atoms with E-state index in [-0.39, 0.29) is 59.8 Å². The lowest BCUT2D eigenvalue weighted by Gasteiger charge is -2.69. The predicted molar refractivity (Wildman–Crippen MR) is 186 cm³/mol. The molecule has 5 fully saturated rings. The summed E-state index contributed by atoms with van der Waals surface area (Å²) in [6.07, 6.45) is 10.5. The quantitative estimate of drug-likeness (QED) is 0.152. The molecule has 7 heteroatoms. The maximum atomic E-state index is 14.1. The number of carbonyl (C=O) groups excluding carboxylic acids is 3. The molecule has 0 aromatic carbocycles. The van der Waals surface area contributed by atoms with Crippen LogP contribution >= 0.6 is 0 Å². The lowest BCUT2D eigenvalue weighted by Crippen LogP contribution is -2.64. The molecule has 7 nitrogen and oxygen atoms in total. The zero-order valence-electron chi connectivity index (χ0n) is 32.1. The summed E-state index contributed by atoms with van der Waals surface area (Å²) in [6.45, 7) is 27.3. The first-order valence-electron chi connectivity index (χ1n) is 18.9. The van der Waals surface area contributed by atoms with Crippen molar-refractivity contribution in [2.75, 3.05) is 13.6 Å². The molecule has 5 saturated carbocycles. The summed E-state index contributed by atoms with van der Waals surface area (Å²) in [5, 5.41) is 0. The molecular weight excluding hydrogens is 604 g/mol. The van der Waals surface area contributed by atoms with Crippen LogP contribution in [0.2, 0.25) is 0 Å². The molecule has 10 atom stereocenters. The van der Waals surface area contributed by atoms with Crippen molar-refractivity contribution in [3.05, 3.63) is 12.2 Å². The van der Waals surface area contributed by atoms with E-state index in [1.165, 1.54) is 24.8 Å². The van der Waals surface area contributed by atoms with Crippen LogP contribution in [0, 0.1) is 68.0 Å². The number of allylic oxidation sites excluding steroid dienone is 1. The molecule has 0 N–H and O–H groups in total. The van der Waals surface area contributed by atoms with Crippen molar-refractivity contribution in [2.24, 2.45) is 68.0 Å². The third kappa shape index (κ3) is 6.19. The van der Waals surface area contributed by atoms with E-state index in [9.17, 15) is 14.4 Å². The van der Waals surface area contributed by atoms with Gasteiger partial charge in [0.25, 0.3) is 0 Å². The van der Waals surface area contributed by atoms with Crippen LogP contribution in [0.3, 0.4) is 0 Å².